The Hall–Kier alpha value is -3.25. The molecule has 3 aromatic rings. The Morgan fingerprint density at radius 3 is 2.57 bits per heavy atom. The maximum atomic E-state index is 12.1. The average molecular weight is 399 g/mol. The molecule has 0 saturated heterocycles. The van der Waals surface area contributed by atoms with Crippen LogP contribution in [0.5, 0.6) is 5.75 Å². The third kappa shape index (κ3) is 5.14. The van der Waals surface area contributed by atoms with Crippen LogP contribution in [0.4, 0.5) is 0 Å². The minimum Gasteiger partial charge on any atom is -0.497 e. The van der Waals surface area contributed by atoms with Crippen LogP contribution in [0.2, 0.25) is 5.02 Å². The van der Waals surface area contributed by atoms with Crippen LogP contribution in [0.1, 0.15) is 16.1 Å². The molecule has 7 heteroatoms. The average Bonchev–Trinajstić information content (AvgIpc) is 3.20. The summed E-state index contributed by atoms with van der Waals surface area (Å²) in [5, 5.41) is 5.93. The Morgan fingerprint density at radius 1 is 1.04 bits per heavy atom. The molecule has 28 heavy (non-hydrogen) atoms. The molecule has 1 heterocycles. The van der Waals surface area contributed by atoms with Gasteiger partial charge in [0.25, 0.3) is 5.91 Å². The van der Waals surface area contributed by atoms with Gasteiger partial charge < -0.3 is 19.8 Å². The summed E-state index contributed by atoms with van der Waals surface area (Å²) in [6, 6.07) is 17.6. The number of carbonyl (C=O) groups excluding carboxylic acids is 2. The van der Waals surface area contributed by atoms with Crippen molar-refractivity contribution in [2.75, 3.05) is 13.7 Å². The predicted octanol–water partition coefficient (Wildman–Crippen LogP) is 3.65. The van der Waals surface area contributed by atoms with Gasteiger partial charge in [0.15, 0.2) is 0 Å². The van der Waals surface area contributed by atoms with Crippen molar-refractivity contribution >= 4 is 23.4 Å². The highest BCUT2D eigenvalue weighted by Crippen LogP contribution is 2.23. The van der Waals surface area contributed by atoms with Crippen molar-refractivity contribution in [2.24, 2.45) is 0 Å². The topological polar surface area (TPSA) is 80.6 Å². The first-order valence-corrected chi connectivity index (χ1v) is 8.96. The molecule has 0 fully saturated rings. The Kier molecular flexibility index (Phi) is 6.34. The maximum Gasteiger partial charge on any atom is 0.251 e. The summed E-state index contributed by atoms with van der Waals surface area (Å²) in [7, 11) is 1.53. The highest BCUT2D eigenvalue weighted by atomic mass is 35.5. The summed E-state index contributed by atoms with van der Waals surface area (Å²) < 4.78 is 10.8. The Bertz CT molecular complexity index is 967. The zero-order chi connectivity index (χ0) is 19.9. The van der Waals surface area contributed by atoms with Gasteiger partial charge >= 0.3 is 0 Å². The number of amides is 2. The zero-order valence-electron chi connectivity index (χ0n) is 15.2. The molecule has 1 aromatic heterocycles. The highest BCUT2D eigenvalue weighted by Gasteiger charge is 2.10. The lowest BCUT2D eigenvalue weighted by atomic mass is 10.2. The van der Waals surface area contributed by atoms with E-state index in [1.807, 2.05) is 18.2 Å². The van der Waals surface area contributed by atoms with Crippen LogP contribution in [0.15, 0.2) is 65.1 Å². The fourth-order valence-corrected chi connectivity index (χ4v) is 2.64. The van der Waals surface area contributed by atoms with Gasteiger partial charge in [0.05, 0.1) is 20.2 Å². The van der Waals surface area contributed by atoms with Crippen LogP contribution < -0.4 is 15.4 Å². The van der Waals surface area contributed by atoms with Gasteiger partial charge in [0.2, 0.25) is 5.91 Å². The van der Waals surface area contributed by atoms with Crippen molar-refractivity contribution in [3.05, 3.63) is 77.0 Å². The molecule has 0 aliphatic carbocycles. The van der Waals surface area contributed by atoms with Gasteiger partial charge in [0.1, 0.15) is 17.3 Å². The van der Waals surface area contributed by atoms with Crippen LogP contribution >= 0.6 is 11.6 Å². The minimum absolute atomic E-state index is 0.138. The molecule has 0 radical (unpaired) electrons. The molecule has 0 saturated carbocycles. The number of hydrogen-bond acceptors (Lipinski definition) is 4. The standard InChI is InChI=1S/C21H19ClN2O4/c1-27-17-4-2-3-15(11-17)21(26)24-13-20(25)23-12-18-9-10-19(28-18)14-5-7-16(22)8-6-14/h2-11H,12-13H2,1H3,(H,23,25)(H,24,26). The first-order chi connectivity index (χ1) is 13.5. The lowest BCUT2D eigenvalue weighted by molar-refractivity contribution is -0.120. The lowest BCUT2D eigenvalue weighted by Gasteiger charge is -2.07. The summed E-state index contributed by atoms with van der Waals surface area (Å²) in [6.07, 6.45) is 0. The van der Waals surface area contributed by atoms with E-state index in [4.69, 9.17) is 20.8 Å². The second-order valence-corrected chi connectivity index (χ2v) is 6.40. The third-order valence-corrected chi connectivity index (χ3v) is 4.24. The molecule has 0 bridgehead atoms. The summed E-state index contributed by atoms with van der Waals surface area (Å²) in [4.78, 5) is 24.1. The number of nitrogens with one attached hydrogen (secondary N) is 2. The SMILES string of the molecule is COc1cccc(C(=O)NCC(=O)NCc2ccc(-c3ccc(Cl)cc3)o2)c1. The zero-order valence-corrected chi connectivity index (χ0v) is 16.0. The normalized spacial score (nSPS) is 10.4. The van der Waals surface area contributed by atoms with E-state index in [0.29, 0.717) is 27.9 Å². The van der Waals surface area contributed by atoms with Crippen molar-refractivity contribution < 1.29 is 18.7 Å². The molecule has 0 atom stereocenters. The Morgan fingerprint density at radius 2 is 1.82 bits per heavy atom. The number of ether oxygens (including phenoxy) is 1. The van der Waals surface area contributed by atoms with Gasteiger partial charge in [-0.05, 0) is 54.6 Å². The van der Waals surface area contributed by atoms with Crippen molar-refractivity contribution in [3.8, 4) is 17.1 Å². The van der Waals surface area contributed by atoms with E-state index in [1.54, 1.807) is 42.5 Å². The maximum absolute atomic E-state index is 12.1. The number of benzene rings is 2. The van der Waals surface area contributed by atoms with Crippen molar-refractivity contribution in [1.82, 2.24) is 10.6 Å². The fourth-order valence-electron chi connectivity index (χ4n) is 2.52. The van der Waals surface area contributed by atoms with Crippen LogP contribution in [0.3, 0.4) is 0 Å². The second-order valence-electron chi connectivity index (χ2n) is 5.96. The minimum atomic E-state index is -0.350. The fraction of sp³-hybridized carbons (Fsp3) is 0.143. The number of halogens is 1. The summed E-state index contributed by atoms with van der Waals surface area (Å²) >= 11 is 5.88. The van der Waals surface area contributed by atoms with E-state index in [0.717, 1.165) is 5.56 Å². The molecule has 2 N–H and O–H groups in total. The third-order valence-electron chi connectivity index (χ3n) is 3.99. The van der Waals surface area contributed by atoms with Gasteiger partial charge in [-0.2, -0.15) is 0 Å². The summed E-state index contributed by atoms with van der Waals surface area (Å²) in [5.41, 5.74) is 1.32. The van der Waals surface area contributed by atoms with Crippen molar-refractivity contribution in [1.29, 1.82) is 0 Å². The van der Waals surface area contributed by atoms with E-state index in [-0.39, 0.29) is 24.9 Å². The molecule has 2 amide bonds. The second kappa shape index (κ2) is 9.10. The monoisotopic (exact) mass is 398 g/mol. The van der Waals surface area contributed by atoms with E-state index in [9.17, 15) is 9.59 Å². The molecular weight excluding hydrogens is 380 g/mol. The van der Waals surface area contributed by atoms with Crippen molar-refractivity contribution in [3.63, 3.8) is 0 Å². The van der Waals surface area contributed by atoms with E-state index in [2.05, 4.69) is 10.6 Å². The largest absolute Gasteiger partial charge is 0.497 e. The molecule has 0 aliphatic heterocycles. The predicted molar refractivity (Wildman–Crippen MR) is 106 cm³/mol. The highest BCUT2D eigenvalue weighted by molar-refractivity contribution is 6.30. The quantitative estimate of drug-likeness (QED) is 0.636. The Labute approximate surface area is 167 Å². The first-order valence-electron chi connectivity index (χ1n) is 8.59. The van der Waals surface area contributed by atoms with Crippen LogP contribution in [-0.4, -0.2) is 25.5 Å². The molecule has 2 aromatic carbocycles. The van der Waals surface area contributed by atoms with Gasteiger partial charge in [-0.3, -0.25) is 9.59 Å². The molecule has 3 rings (SSSR count). The molecular formula is C21H19ClN2O4. The lowest BCUT2D eigenvalue weighted by Crippen LogP contribution is -2.36. The number of carbonyl (C=O) groups is 2. The molecule has 6 nitrogen and oxygen atoms in total. The number of hydrogen-bond donors (Lipinski definition) is 2. The molecule has 0 aliphatic rings. The number of methoxy groups -OCH3 is 1. The molecule has 144 valence electrons. The smallest absolute Gasteiger partial charge is 0.251 e. The van der Waals surface area contributed by atoms with Gasteiger partial charge in [0, 0.05) is 16.1 Å². The molecule has 0 unspecified atom stereocenters. The van der Waals surface area contributed by atoms with Crippen LogP contribution in [0.25, 0.3) is 11.3 Å². The summed E-state index contributed by atoms with van der Waals surface area (Å²) in [5.74, 6) is 1.20. The van der Waals surface area contributed by atoms with E-state index < -0.39 is 0 Å². The van der Waals surface area contributed by atoms with Gasteiger partial charge in [-0.1, -0.05) is 17.7 Å². The first kappa shape index (κ1) is 19.5. The Balaban J connectivity index is 1.48. The number of rotatable bonds is 7. The van der Waals surface area contributed by atoms with Gasteiger partial charge in [-0.25, -0.2) is 0 Å². The van der Waals surface area contributed by atoms with Gasteiger partial charge in [-0.15, -0.1) is 0 Å². The molecule has 0 spiro atoms. The van der Waals surface area contributed by atoms with Crippen LogP contribution in [0, 0.1) is 0 Å². The van der Waals surface area contributed by atoms with Crippen molar-refractivity contribution in [2.45, 2.75) is 6.54 Å². The van der Waals surface area contributed by atoms with E-state index in [1.165, 1.54) is 7.11 Å². The van der Waals surface area contributed by atoms with Crippen LogP contribution in [-0.2, 0) is 11.3 Å². The number of furan rings is 1. The summed E-state index contributed by atoms with van der Waals surface area (Å²) in [6.45, 7) is 0.0856. The van der Waals surface area contributed by atoms with E-state index >= 15 is 0 Å².